The lowest BCUT2D eigenvalue weighted by atomic mass is 10.4. The average molecular weight is 193 g/mol. The summed E-state index contributed by atoms with van der Waals surface area (Å²) in [6.45, 7) is 0. The molecule has 0 unspecified atom stereocenters. The van der Waals surface area contributed by atoms with Crippen LogP contribution in [0.4, 0.5) is 0 Å². The van der Waals surface area contributed by atoms with E-state index < -0.39 is 5.91 Å². The molecule has 5 heteroatoms. The molecule has 0 saturated carbocycles. The van der Waals surface area contributed by atoms with Gasteiger partial charge in [0.05, 0.1) is 5.02 Å². The van der Waals surface area contributed by atoms with Crippen LogP contribution in [0.15, 0.2) is 6.07 Å². The van der Waals surface area contributed by atoms with Crippen LogP contribution >= 0.6 is 23.2 Å². The number of halogens is 2. The minimum Gasteiger partial charge on any atom is -0.364 e. The zero-order chi connectivity index (χ0) is 8.59. The van der Waals surface area contributed by atoms with Crippen LogP contribution in [0.5, 0.6) is 0 Å². The highest BCUT2D eigenvalue weighted by Crippen LogP contribution is 2.24. The molecular weight excluding hydrogens is 187 g/mol. The molecule has 1 heterocycles. The molecule has 3 nitrogen and oxygen atoms in total. The maximum atomic E-state index is 10.7. The Labute approximate surface area is 73.7 Å². The second kappa shape index (κ2) is 2.75. The quantitative estimate of drug-likeness (QED) is 0.720. The first-order valence-corrected chi connectivity index (χ1v) is 3.60. The first kappa shape index (κ1) is 8.43. The number of nitrogens with zero attached hydrogens (tertiary/aromatic N) is 1. The van der Waals surface area contributed by atoms with Gasteiger partial charge in [0, 0.05) is 7.05 Å². The lowest BCUT2D eigenvalue weighted by Gasteiger charge is -1.97. The highest BCUT2D eigenvalue weighted by atomic mass is 35.5. The first-order chi connectivity index (χ1) is 5.04. The number of primary amides is 1. The standard InChI is InChI=1S/C6H6Cl2N2O/c1-10-4(6(9)11)2-3(7)5(10)8/h2H,1H3,(H2,9,11). The molecule has 0 atom stereocenters. The van der Waals surface area contributed by atoms with Crippen molar-refractivity contribution >= 4 is 29.1 Å². The number of carbonyl (C=O) groups is 1. The second-order valence-electron chi connectivity index (χ2n) is 2.09. The molecule has 0 fully saturated rings. The third-order valence-electron chi connectivity index (χ3n) is 1.37. The van der Waals surface area contributed by atoms with E-state index in [4.69, 9.17) is 28.9 Å². The van der Waals surface area contributed by atoms with Gasteiger partial charge in [-0.1, -0.05) is 23.2 Å². The molecular formula is C6H6Cl2N2O. The third-order valence-corrected chi connectivity index (χ3v) is 2.21. The number of amides is 1. The van der Waals surface area contributed by atoms with E-state index >= 15 is 0 Å². The molecule has 0 saturated heterocycles. The fourth-order valence-corrected chi connectivity index (χ4v) is 1.15. The average Bonchev–Trinajstić information content (AvgIpc) is 2.17. The van der Waals surface area contributed by atoms with Crippen molar-refractivity contribution in [1.29, 1.82) is 0 Å². The van der Waals surface area contributed by atoms with E-state index in [1.54, 1.807) is 7.05 Å². The summed E-state index contributed by atoms with van der Waals surface area (Å²) in [5, 5.41) is 0.656. The van der Waals surface area contributed by atoms with E-state index in [1.807, 2.05) is 0 Å². The Morgan fingerprint density at radius 1 is 1.64 bits per heavy atom. The van der Waals surface area contributed by atoms with Gasteiger partial charge in [0.25, 0.3) is 5.91 Å². The Morgan fingerprint density at radius 3 is 2.36 bits per heavy atom. The van der Waals surface area contributed by atoms with Crippen LogP contribution in [0.2, 0.25) is 10.2 Å². The number of rotatable bonds is 1. The van der Waals surface area contributed by atoms with E-state index in [0.29, 0.717) is 15.9 Å². The number of aromatic nitrogens is 1. The lowest BCUT2D eigenvalue weighted by Crippen LogP contribution is -2.14. The van der Waals surface area contributed by atoms with E-state index in [-0.39, 0.29) is 0 Å². The molecule has 0 aliphatic heterocycles. The Morgan fingerprint density at radius 2 is 2.18 bits per heavy atom. The predicted molar refractivity (Wildman–Crippen MR) is 44.0 cm³/mol. The Bertz CT molecular complexity index is 306. The monoisotopic (exact) mass is 192 g/mol. The van der Waals surface area contributed by atoms with Crippen LogP contribution < -0.4 is 5.73 Å². The minimum absolute atomic E-state index is 0.306. The third kappa shape index (κ3) is 1.34. The van der Waals surface area contributed by atoms with Crippen LogP contribution in [0.25, 0.3) is 0 Å². The molecule has 0 aliphatic rings. The smallest absolute Gasteiger partial charge is 0.265 e. The van der Waals surface area contributed by atoms with Gasteiger partial charge in [-0.25, -0.2) is 0 Å². The Balaban J connectivity index is 3.29. The molecule has 0 bridgehead atoms. The van der Waals surface area contributed by atoms with Crippen molar-refractivity contribution in [1.82, 2.24) is 4.57 Å². The predicted octanol–water partition coefficient (Wildman–Crippen LogP) is 1.43. The van der Waals surface area contributed by atoms with E-state index in [1.165, 1.54) is 10.6 Å². The minimum atomic E-state index is -0.540. The first-order valence-electron chi connectivity index (χ1n) is 2.84. The summed E-state index contributed by atoms with van der Waals surface area (Å²) in [5.74, 6) is -0.540. The van der Waals surface area contributed by atoms with E-state index in [2.05, 4.69) is 0 Å². The van der Waals surface area contributed by atoms with Gasteiger partial charge in [0.15, 0.2) is 0 Å². The summed E-state index contributed by atoms with van der Waals surface area (Å²) < 4.78 is 1.44. The number of hydrogen-bond donors (Lipinski definition) is 1. The van der Waals surface area contributed by atoms with Gasteiger partial charge < -0.3 is 10.3 Å². The topological polar surface area (TPSA) is 48.0 Å². The fraction of sp³-hybridized carbons (Fsp3) is 0.167. The van der Waals surface area contributed by atoms with Crippen molar-refractivity contribution in [2.24, 2.45) is 12.8 Å². The van der Waals surface area contributed by atoms with Crippen molar-refractivity contribution in [3.8, 4) is 0 Å². The molecule has 0 aliphatic carbocycles. The fourth-order valence-electron chi connectivity index (χ4n) is 0.779. The molecule has 1 rings (SSSR count). The molecule has 2 N–H and O–H groups in total. The van der Waals surface area contributed by atoms with Crippen molar-refractivity contribution in [3.63, 3.8) is 0 Å². The molecule has 0 spiro atoms. The van der Waals surface area contributed by atoms with Crippen molar-refractivity contribution in [3.05, 3.63) is 21.9 Å². The molecule has 1 aromatic heterocycles. The zero-order valence-electron chi connectivity index (χ0n) is 5.77. The van der Waals surface area contributed by atoms with E-state index in [9.17, 15) is 4.79 Å². The van der Waals surface area contributed by atoms with Gasteiger partial charge in [-0.15, -0.1) is 0 Å². The van der Waals surface area contributed by atoms with Crippen LogP contribution in [-0.2, 0) is 7.05 Å². The highest BCUT2D eigenvalue weighted by Gasteiger charge is 2.11. The number of nitrogens with two attached hydrogens (primary N) is 1. The molecule has 1 aromatic rings. The summed E-state index contributed by atoms with van der Waals surface area (Å²) >= 11 is 11.3. The van der Waals surface area contributed by atoms with Crippen molar-refractivity contribution < 1.29 is 4.79 Å². The highest BCUT2D eigenvalue weighted by molar-refractivity contribution is 6.41. The maximum absolute atomic E-state index is 10.7. The van der Waals surface area contributed by atoms with Crippen LogP contribution in [-0.4, -0.2) is 10.5 Å². The molecule has 1 amide bonds. The van der Waals surface area contributed by atoms with Gasteiger partial charge in [-0.2, -0.15) is 0 Å². The van der Waals surface area contributed by atoms with Crippen LogP contribution in [0, 0.1) is 0 Å². The molecule has 60 valence electrons. The summed E-state index contributed by atoms with van der Waals surface area (Å²) in [7, 11) is 1.62. The summed E-state index contributed by atoms with van der Waals surface area (Å²) in [5.41, 5.74) is 5.33. The maximum Gasteiger partial charge on any atom is 0.265 e. The number of hydrogen-bond acceptors (Lipinski definition) is 1. The van der Waals surface area contributed by atoms with Crippen LogP contribution in [0.1, 0.15) is 10.5 Å². The normalized spacial score (nSPS) is 10.1. The number of carbonyl (C=O) groups excluding carboxylic acids is 1. The van der Waals surface area contributed by atoms with E-state index in [0.717, 1.165) is 0 Å². The summed E-state index contributed by atoms with van der Waals surface area (Å²) in [6, 6.07) is 1.44. The largest absolute Gasteiger partial charge is 0.364 e. The molecule has 0 aromatic carbocycles. The Hall–Kier alpha value is -0.670. The SMILES string of the molecule is Cn1c(C(N)=O)cc(Cl)c1Cl. The van der Waals surface area contributed by atoms with Crippen molar-refractivity contribution in [2.45, 2.75) is 0 Å². The van der Waals surface area contributed by atoms with Gasteiger partial charge in [-0.3, -0.25) is 4.79 Å². The molecule has 11 heavy (non-hydrogen) atoms. The summed E-state index contributed by atoms with van der Waals surface area (Å²) in [6.07, 6.45) is 0. The van der Waals surface area contributed by atoms with Crippen molar-refractivity contribution in [2.75, 3.05) is 0 Å². The van der Waals surface area contributed by atoms with Gasteiger partial charge in [0.1, 0.15) is 10.8 Å². The lowest BCUT2D eigenvalue weighted by molar-refractivity contribution is 0.0992. The zero-order valence-corrected chi connectivity index (χ0v) is 7.28. The second-order valence-corrected chi connectivity index (χ2v) is 2.86. The molecule has 0 radical (unpaired) electrons. The summed E-state index contributed by atoms with van der Waals surface area (Å²) in [4.78, 5) is 10.7. The van der Waals surface area contributed by atoms with Gasteiger partial charge in [-0.05, 0) is 6.07 Å². The van der Waals surface area contributed by atoms with Crippen LogP contribution in [0.3, 0.4) is 0 Å². The Kier molecular flexibility index (Phi) is 2.11. The van der Waals surface area contributed by atoms with Gasteiger partial charge in [0.2, 0.25) is 0 Å². The van der Waals surface area contributed by atoms with Gasteiger partial charge >= 0.3 is 0 Å².